The number of β-amino-alcohol motifs (C(OH)–C–C–N with tert-alkyl or cyclic N) is 1. The van der Waals surface area contributed by atoms with Crippen molar-refractivity contribution in [1.29, 1.82) is 0 Å². The van der Waals surface area contributed by atoms with Crippen molar-refractivity contribution in [3.63, 3.8) is 0 Å². The van der Waals surface area contributed by atoms with Crippen molar-refractivity contribution < 1.29 is 19.4 Å². The van der Waals surface area contributed by atoms with Crippen LogP contribution in [0.3, 0.4) is 0 Å². The Hall–Kier alpha value is -2.08. The highest BCUT2D eigenvalue weighted by Crippen LogP contribution is 2.35. The van der Waals surface area contributed by atoms with Gasteiger partial charge in [-0.05, 0) is 38.3 Å². The number of rotatable bonds is 5. The first kappa shape index (κ1) is 16.8. The first-order chi connectivity index (χ1) is 11.4. The van der Waals surface area contributed by atoms with Gasteiger partial charge in [0.25, 0.3) is 5.91 Å². The summed E-state index contributed by atoms with van der Waals surface area (Å²) in [6, 6.07) is 5.39. The molecule has 0 aromatic heterocycles. The van der Waals surface area contributed by atoms with Gasteiger partial charge >= 0.3 is 6.03 Å². The average molecular weight is 332 g/mol. The van der Waals surface area contributed by atoms with E-state index < -0.39 is 17.7 Å². The molecule has 0 unspecified atom stereocenters. The maximum Gasteiger partial charge on any atom is 0.325 e. The number of amides is 3. The minimum absolute atomic E-state index is 0.0357. The summed E-state index contributed by atoms with van der Waals surface area (Å²) >= 11 is 0. The van der Waals surface area contributed by atoms with E-state index >= 15 is 0 Å². The molecule has 1 spiro atoms. The Kier molecular flexibility index (Phi) is 4.49. The van der Waals surface area contributed by atoms with E-state index in [0.717, 1.165) is 28.9 Å². The Bertz CT molecular complexity index is 652. The number of hydrogen-bond acceptors (Lipinski definition) is 4. The number of urea groups is 1. The van der Waals surface area contributed by atoms with E-state index in [1.807, 2.05) is 32.0 Å². The van der Waals surface area contributed by atoms with Crippen LogP contribution in [0.1, 0.15) is 36.8 Å². The monoisotopic (exact) mass is 332 g/mol. The molecule has 1 heterocycles. The van der Waals surface area contributed by atoms with Crippen LogP contribution in [-0.4, -0.2) is 46.7 Å². The van der Waals surface area contributed by atoms with Crippen LogP contribution in [0.2, 0.25) is 0 Å². The van der Waals surface area contributed by atoms with Gasteiger partial charge < -0.3 is 15.2 Å². The molecule has 1 aromatic rings. The second-order valence-corrected chi connectivity index (χ2v) is 6.87. The maximum atomic E-state index is 12.5. The molecule has 1 atom stereocenters. The third kappa shape index (κ3) is 3.11. The van der Waals surface area contributed by atoms with Crippen molar-refractivity contribution in [2.24, 2.45) is 0 Å². The van der Waals surface area contributed by atoms with Crippen molar-refractivity contribution in [2.75, 3.05) is 13.2 Å². The molecule has 1 saturated carbocycles. The van der Waals surface area contributed by atoms with E-state index in [1.165, 1.54) is 0 Å². The van der Waals surface area contributed by atoms with Crippen LogP contribution in [0.25, 0.3) is 0 Å². The van der Waals surface area contributed by atoms with E-state index in [4.69, 9.17) is 4.74 Å². The molecular formula is C18H24N2O4. The number of aliphatic hydroxyl groups excluding tert-OH is 1. The molecule has 1 aliphatic carbocycles. The summed E-state index contributed by atoms with van der Waals surface area (Å²) in [5, 5.41) is 13.0. The Balaban J connectivity index is 1.57. The summed E-state index contributed by atoms with van der Waals surface area (Å²) in [6.45, 7) is 3.93. The molecule has 1 aliphatic heterocycles. The number of ether oxygens (including phenoxy) is 1. The average Bonchev–Trinajstić information content (AvgIpc) is 3.08. The number of aliphatic hydroxyl groups is 1. The molecule has 3 rings (SSSR count). The largest absolute Gasteiger partial charge is 0.491 e. The molecule has 6 heteroatoms. The second kappa shape index (κ2) is 6.43. The molecule has 0 bridgehead atoms. The third-order valence-electron chi connectivity index (χ3n) is 4.86. The Morgan fingerprint density at radius 3 is 2.67 bits per heavy atom. The molecule has 1 saturated heterocycles. The molecular weight excluding hydrogens is 308 g/mol. The fourth-order valence-corrected chi connectivity index (χ4v) is 3.57. The minimum atomic E-state index is -0.919. The summed E-state index contributed by atoms with van der Waals surface area (Å²) in [7, 11) is 0. The molecule has 24 heavy (non-hydrogen) atoms. The van der Waals surface area contributed by atoms with Gasteiger partial charge in [-0.1, -0.05) is 30.5 Å². The number of carbonyl (C=O) groups is 2. The van der Waals surface area contributed by atoms with Crippen LogP contribution < -0.4 is 10.1 Å². The summed E-state index contributed by atoms with van der Waals surface area (Å²) in [5.74, 6) is 0.486. The first-order valence-electron chi connectivity index (χ1n) is 8.43. The minimum Gasteiger partial charge on any atom is -0.491 e. The SMILES string of the molecule is Cc1ccc(OC[C@@H](O)CN2C(=O)NC3(CCCC3)C2=O)c(C)c1. The number of benzene rings is 1. The van der Waals surface area contributed by atoms with Crippen molar-refractivity contribution in [3.05, 3.63) is 29.3 Å². The zero-order chi connectivity index (χ0) is 17.3. The van der Waals surface area contributed by atoms with Crippen LogP contribution in [-0.2, 0) is 4.79 Å². The lowest BCUT2D eigenvalue weighted by Crippen LogP contribution is -2.45. The molecule has 0 radical (unpaired) electrons. The van der Waals surface area contributed by atoms with Crippen molar-refractivity contribution in [2.45, 2.75) is 51.2 Å². The zero-order valence-corrected chi connectivity index (χ0v) is 14.2. The van der Waals surface area contributed by atoms with Crippen molar-refractivity contribution in [1.82, 2.24) is 10.2 Å². The van der Waals surface area contributed by atoms with Gasteiger partial charge in [-0.15, -0.1) is 0 Å². The maximum absolute atomic E-state index is 12.5. The second-order valence-electron chi connectivity index (χ2n) is 6.87. The van der Waals surface area contributed by atoms with Crippen LogP contribution in [0.15, 0.2) is 18.2 Å². The fraction of sp³-hybridized carbons (Fsp3) is 0.556. The normalized spacial score (nSPS) is 20.5. The Labute approximate surface area is 141 Å². The number of nitrogens with zero attached hydrogens (tertiary/aromatic N) is 1. The molecule has 2 N–H and O–H groups in total. The van der Waals surface area contributed by atoms with Gasteiger partial charge in [0.1, 0.15) is 24.0 Å². The van der Waals surface area contributed by atoms with Gasteiger partial charge in [-0.3, -0.25) is 9.69 Å². The number of carbonyl (C=O) groups excluding carboxylic acids is 2. The van der Waals surface area contributed by atoms with Crippen molar-refractivity contribution in [3.8, 4) is 5.75 Å². The number of hydrogen-bond donors (Lipinski definition) is 2. The molecule has 2 fully saturated rings. The highest BCUT2D eigenvalue weighted by Gasteiger charge is 2.52. The molecule has 3 amide bonds. The van der Waals surface area contributed by atoms with Gasteiger partial charge in [-0.25, -0.2) is 4.79 Å². The number of aryl methyl sites for hydroxylation is 2. The van der Waals surface area contributed by atoms with Gasteiger partial charge in [-0.2, -0.15) is 0 Å². The standard InChI is InChI=1S/C18H24N2O4/c1-12-5-6-15(13(2)9-12)24-11-14(21)10-20-16(22)18(19-17(20)23)7-3-4-8-18/h5-6,9,14,21H,3-4,7-8,10-11H2,1-2H3,(H,19,23)/t14-/m0/s1. The summed E-state index contributed by atoms with van der Waals surface area (Å²) < 4.78 is 5.63. The molecule has 1 aromatic carbocycles. The van der Waals surface area contributed by atoms with Crippen LogP contribution in [0, 0.1) is 13.8 Å². The van der Waals surface area contributed by atoms with Crippen LogP contribution in [0.4, 0.5) is 4.79 Å². The van der Waals surface area contributed by atoms with E-state index in [1.54, 1.807) is 0 Å². The molecule has 2 aliphatic rings. The summed E-state index contributed by atoms with van der Waals surface area (Å²) in [6.07, 6.45) is 2.33. The Morgan fingerprint density at radius 1 is 1.29 bits per heavy atom. The highest BCUT2D eigenvalue weighted by atomic mass is 16.5. The van der Waals surface area contributed by atoms with Gasteiger partial charge in [0.05, 0.1) is 6.54 Å². The van der Waals surface area contributed by atoms with Crippen LogP contribution >= 0.6 is 0 Å². The first-order valence-corrected chi connectivity index (χ1v) is 8.43. The lowest BCUT2D eigenvalue weighted by Gasteiger charge is -2.21. The lowest BCUT2D eigenvalue weighted by atomic mass is 9.98. The highest BCUT2D eigenvalue weighted by molar-refractivity contribution is 6.07. The van der Waals surface area contributed by atoms with Crippen molar-refractivity contribution >= 4 is 11.9 Å². The smallest absolute Gasteiger partial charge is 0.325 e. The zero-order valence-electron chi connectivity index (χ0n) is 14.2. The predicted molar refractivity (Wildman–Crippen MR) is 88.9 cm³/mol. The predicted octanol–water partition coefficient (Wildman–Crippen LogP) is 1.91. The number of imide groups is 1. The number of nitrogens with one attached hydrogen (secondary N) is 1. The topological polar surface area (TPSA) is 78.9 Å². The van der Waals surface area contributed by atoms with Gasteiger partial charge in [0, 0.05) is 0 Å². The Morgan fingerprint density at radius 2 is 2.00 bits per heavy atom. The summed E-state index contributed by atoms with van der Waals surface area (Å²) in [5.41, 5.74) is 1.40. The quantitative estimate of drug-likeness (QED) is 0.807. The lowest BCUT2D eigenvalue weighted by molar-refractivity contribution is -0.132. The fourth-order valence-electron chi connectivity index (χ4n) is 3.57. The molecule has 130 valence electrons. The van der Waals surface area contributed by atoms with Gasteiger partial charge in [0.2, 0.25) is 0 Å². The van der Waals surface area contributed by atoms with E-state index in [0.29, 0.717) is 18.6 Å². The summed E-state index contributed by atoms with van der Waals surface area (Å²) in [4.78, 5) is 25.7. The van der Waals surface area contributed by atoms with Gasteiger partial charge in [0.15, 0.2) is 0 Å². The van der Waals surface area contributed by atoms with E-state index in [9.17, 15) is 14.7 Å². The molecule has 6 nitrogen and oxygen atoms in total. The third-order valence-corrected chi connectivity index (χ3v) is 4.86. The van der Waals surface area contributed by atoms with E-state index in [2.05, 4.69) is 5.32 Å². The van der Waals surface area contributed by atoms with E-state index in [-0.39, 0.29) is 19.1 Å². The van der Waals surface area contributed by atoms with Crippen LogP contribution in [0.5, 0.6) is 5.75 Å².